The third-order valence-corrected chi connectivity index (χ3v) is 3.96. The monoisotopic (exact) mass is 391 g/mol. The summed E-state index contributed by atoms with van der Waals surface area (Å²) in [6, 6.07) is 7.32. The van der Waals surface area contributed by atoms with Gasteiger partial charge in [0.2, 0.25) is 17.7 Å². The van der Waals surface area contributed by atoms with E-state index in [4.69, 9.17) is 0 Å². The molecule has 0 fully saturated rings. The molecule has 3 amide bonds. The number of nitrogens with one attached hydrogen (secondary N) is 2. The van der Waals surface area contributed by atoms with Gasteiger partial charge in [0.05, 0.1) is 20.2 Å². The maximum absolute atomic E-state index is 12.3. The van der Waals surface area contributed by atoms with Crippen molar-refractivity contribution in [1.29, 1.82) is 0 Å². The molecule has 154 valence electrons. The number of carbonyl (C=O) groups is 4. The number of esters is 1. The van der Waals surface area contributed by atoms with Crippen LogP contribution in [0.3, 0.4) is 0 Å². The summed E-state index contributed by atoms with van der Waals surface area (Å²) < 4.78 is 4.54. The first-order chi connectivity index (χ1) is 13.3. The molecule has 0 unspecified atom stereocenters. The van der Waals surface area contributed by atoms with Crippen molar-refractivity contribution in [1.82, 2.24) is 10.2 Å². The number of methoxy groups -OCH3 is 1. The van der Waals surface area contributed by atoms with Crippen LogP contribution in [-0.2, 0) is 23.9 Å². The maximum atomic E-state index is 12.3. The minimum Gasteiger partial charge on any atom is -0.469 e. The number of rotatable bonds is 11. The molecule has 1 aromatic rings. The van der Waals surface area contributed by atoms with E-state index in [0.29, 0.717) is 25.1 Å². The summed E-state index contributed by atoms with van der Waals surface area (Å²) in [5, 5.41) is 5.21. The van der Waals surface area contributed by atoms with Crippen molar-refractivity contribution in [2.75, 3.05) is 32.1 Å². The van der Waals surface area contributed by atoms with Crippen LogP contribution in [-0.4, -0.2) is 55.3 Å². The number of hydrogen-bond acceptors (Lipinski definition) is 5. The molecule has 28 heavy (non-hydrogen) atoms. The lowest BCUT2D eigenvalue weighted by Crippen LogP contribution is -2.43. The first kappa shape index (κ1) is 23.1. The van der Waals surface area contributed by atoms with Gasteiger partial charge in [0.1, 0.15) is 0 Å². The smallest absolute Gasteiger partial charge is 0.305 e. The Bertz CT molecular complexity index is 673. The van der Waals surface area contributed by atoms with Crippen LogP contribution in [0.15, 0.2) is 24.3 Å². The summed E-state index contributed by atoms with van der Waals surface area (Å²) in [5.41, 5.74) is 1.73. The Kier molecular flexibility index (Phi) is 10.3. The van der Waals surface area contributed by atoms with Gasteiger partial charge in [0.15, 0.2) is 0 Å². The highest BCUT2D eigenvalue weighted by atomic mass is 16.5. The van der Waals surface area contributed by atoms with Crippen LogP contribution in [0.5, 0.6) is 0 Å². The van der Waals surface area contributed by atoms with Crippen LogP contribution in [0.2, 0.25) is 0 Å². The van der Waals surface area contributed by atoms with E-state index in [1.54, 1.807) is 12.1 Å². The fourth-order valence-corrected chi connectivity index (χ4v) is 2.46. The van der Waals surface area contributed by atoms with E-state index in [1.165, 1.54) is 12.0 Å². The average Bonchev–Trinajstić information content (AvgIpc) is 2.67. The molecule has 0 aromatic heterocycles. The van der Waals surface area contributed by atoms with E-state index in [9.17, 15) is 19.2 Å². The third kappa shape index (κ3) is 9.16. The van der Waals surface area contributed by atoms with Gasteiger partial charge < -0.3 is 20.3 Å². The minimum atomic E-state index is -0.408. The molecule has 1 aromatic carbocycles. The second-order valence-corrected chi connectivity index (χ2v) is 6.44. The molecule has 0 atom stereocenters. The number of hydrogen-bond donors (Lipinski definition) is 2. The summed E-state index contributed by atoms with van der Waals surface area (Å²) in [7, 11) is 1.30. The summed E-state index contributed by atoms with van der Waals surface area (Å²) >= 11 is 0. The molecule has 1 rings (SSSR count). The van der Waals surface area contributed by atoms with Crippen molar-refractivity contribution in [2.45, 2.75) is 39.5 Å². The Morgan fingerprint density at radius 2 is 1.71 bits per heavy atom. The summed E-state index contributed by atoms with van der Waals surface area (Å²) in [5.74, 6) is -1.32. The van der Waals surface area contributed by atoms with Crippen LogP contribution in [0, 0.1) is 6.92 Å². The van der Waals surface area contributed by atoms with Crippen molar-refractivity contribution >= 4 is 29.4 Å². The van der Waals surface area contributed by atoms with Gasteiger partial charge >= 0.3 is 5.97 Å². The quantitative estimate of drug-likeness (QED) is 0.558. The molecular formula is C20H29N3O5. The van der Waals surface area contributed by atoms with Gasteiger partial charge in [-0.2, -0.15) is 0 Å². The molecule has 0 aliphatic heterocycles. The summed E-state index contributed by atoms with van der Waals surface area (Å²) in [4.78, 5) is 48.8. The lowest BCUT2D eigenvalue weighted by atomic mass is 10.2. The third-order valence-electron chi connectivity index (χ3n) is 3.96. The molecular weight excluding hydrogens is 362 g/mol. The van der Waals surface area contributed by atoms with E-state index < -0.39 is 5.91 Å². The van der Waals surface area contributed by atoms with Crippen LogP contribution < -0.4 is 10.6 Å². The normalized spacial score (nSPS) is 10.1. The second kappa shape index (κ2) is 12.5. The number of anilines is 1. The molecule has 2 N–H and O–H groups in total. The van der Waals surface area contributed by atoms with Gasteiger partial charge in [0, 0.05) is 25.1 Å². The molecule has 0 heterocycles. The molecule has 0 bridgehead atoms. The first-order valence-corrected chi connectivity index (χ1v) is 9.33. The number of benzene rings is 1. The molecule has 0 aliphatic carbocycles. The van der Waals surface area contributed by atoms with E-state index in [-0.39, 0.29) is 43.7 Å². The molecule has 0 radical (unpaired) electrons. The van der Waals surface area contributed by atoms with Crippen molar-refractivity contribution in [3.63, 3.8) is 0 Å². The highest BCUT2D eigenvalue weighted by Crippen LogP contribution is 2.08. The Morgan fingerprint density at radius 3 is 2.32 bits per heavy atom. The molecule has 8 heteroatoms. The number of ether oxygens (including phenoxy) is 1. The van der Waals surface area contributed by atoms with Crippen molar-refractivity contribution < 1.29 is 23.9 Å². The predicted molar refractivity (Wildman–Crippen MR) is 106 cm³/mol. The van der Waals surface area contributed by atoms with Gasteiger partial charge in [-0.25, -0.2) is 0 Å². The zero-order valence-corrected chi connectivity index (χ0v) is 16.7. The fourth-order valence-electron chi connectivity index (χ4n) is 2.46. The highest BCUT2D eigenvalue weighted by molar-refractivity contribution is 5.95. The first-order valence-electron chi connectivity index (χ1n) is 9.33. The van der Waals surface area contributed by atoms with Crippen LogP contribution in [0.1, 0.15) is 38.2 Å². The summed E-state index contributed by atoms with van der Waals surface area (Å²) in [6.45, 7) is 3.98. The zero-order valence-electron chi connectivity index (χ0n) is 16.7. The minimum absolute atomic E-state index is 0.122. The Hall–Kier alpha value is -2.90. The van der Waals surface area contributed by atoms with Crippen molar-refractivity contribution in [3.05, 3.63) is 29.8 Å². The molecule has 0 saturated carbocycles. The van der Waals surface area contributed by atoms with Crippen molar-refractivity contribution in [2.24, 2.45) is 0 Å². The van der Waals surface area contributed by atoms with Crippen LogP contribution >= 0.6 is 0 Å². The molecule has 0 saturated heterocycles. The van der Waals surface area contributed by atoms with Gasteiger partial charge in [0.25, 0.3) is 0 Å². The van der Waals surface area contributed by atoms with Gasteiger partial charge in [-0.1, -0.05) is 24.6 Å². The number of aryl methyl sites for hydroxylation is 1. The lowest BCUT2D eigenvalue weighted by Gasteiger charge is -2.21. The standard InChI is InChI=1S/C20H29N3O5/c1-4-12-23(19(26)6-5-7-20(27)28-3)14-18(25)21-13-17(24)22-16-10-8-15(2)9-11-16/h8-11H,4-7,12-14H2,1-3H3,(H,21,25)(H,22,24). The van der Waals surface area contributed by atoms with E-state index >= 15 is 0 Å². The fraction of sp³-hybridized carbons (Fsp3) is 0.500. The van der Waals surface area contributed by atoms with Crippen LogP contribution in [0.25, 0.3) is 0 Å². The lowest BCUT2D eigenvalue weighted by molar-refractivity contribution is -0.141. The SMILES string of the molecule is CCCN(CC(=O)NCC(=O)Nc1ccc(C)cc1)C(=O)CCCC(=O)OC. The summed E-state index contributed by atoms with van der Waals surface area (Å²) in [6.07, 6.45) is 1.39. The molecule has 0 spiro atoms. The number of carbonyl (C=O) groups excluding carboxylic acids is 4. The average molecular weight is 391 g/mol. The zero-order chi connectivity index (χ0) is 20.9. The molecule has 0 aliphatic rings. The Balaban J connectivity index is 2.41. The largest absolute Gasteiger partial charge is 0.469 e. The maximum Gasteiger partial charge on any atom is 0.305 e. The Morgan fingerprint density at radius 1 is 1.04 bits per heavy atom. The van der Waals surface area contributed by atoms with Gasteiger partial charge in [-0.15, -0.1) is 0 Å². The molecule has 8 nitrogen and oxygen atoms in total. The number of amides is 3. The van der Waals surface area contributed by atoms with Crippen molar-refractivity contribution in [3.8, 4) is 0 Å². The van der Waals surface area contributed by atoms with E-state index in [1.807, 2.05) is 26.0 Å². The van der Waals surface area contributed by atoms with E-state index in [2.05, 4.69) is 15.4 Å². The van der Waals surface area contributed by atoms with E-state index in [0.717, 1.165) is 5.56 Å². The predicted octanol–water partition coefficient (Wildman–Crippen LogP) is 1.63. The highest BCUT2D eigenvalue weighted by Gasteiger charge is 2.17. The van der Waals surface area contributed by atoms with Gasteiger partial charge in [-0.3, -0.25) is 19.2 Å². The van der Waals surface area contributed by atoms with Gasteiger partial charge in [-0.05, 0) is 31.9 Å². The number of nitrogens with zero attached hydrogens (tertiary/aromatic N) is 1. The Labute approximate surface area is 165 Å². The van der Waals surface area contributed by atoms with Crippen LogP contribution in [0.4, 0.5) is 5.69 Å². The topological polar surface area (TPSA) is 105 Å². The second-order valence-electron chi connectivity index (χ2n) is 6.44.